The molecule has 20 nitrogen and oxygen atoms in total. The highest BCUT2D eigenvalue weighted by atomic mass is 16.2. The van der Waals surface area contributed by atoms with Crippen molar-refractivity contribution >= 4 is 35.4 Å². The van der Waals surface area contributed by atoms with E-state index in [0.717, 1.165) is 49.7 Å². The van der Waals surface area contributed by atoms with E-state index >= 15 is 0 Å². The van der Waals surface area contributed by atoms with E-state index in [-0.39, 0.29) is 36.7 Å². The fraction of sp³-hybridized carbons (Fsp3) is 0.560. The number of likely N-dealkylation sites (N-methyl/N-ethyl adjacent to an activating group) is 2. The summed E-state index contributed by atoms with van der Waals surface area (Å²) in [7, 11) is 3.32. The molecule has 9 rings (SSSR count). The van der Waals surface area contributed by atoms with E-state index in [0.29, 0.717) is 74.6 Å². The van der Waals surface area contributed by atoms with Crippen LogP contribution in [0.5, 0.6) is 0 Å². The molecule has 0 spiro atoms. The van der Waals surface area contributed by atoms with Gasteiger partial charge in [-0.25, -0.2) is 9.36 Å². The Hall–Kier alpha value is -6.54. The molecule has 3 aliphatic heterocycles. The molecule has 5 heterocycles. The molecule has 0 bridgehead atoms. The van der Waals surface area contributed by atoms with Crippen LogP contribution in [0.15, 0.2) is 48.5 Å². The largest absolute Gasteiger partial charge is 0.347 e. The van der Waals surface area contributed by atoms with Gasteiger partial charge in [0.1, 0.15) is 35.6 Å². The van der Waals surface area contributed by atoms with Gasteiger partial charge < -0.3 is 41.7 Å². The van der Waals surface area contributed by atoms with Crippen LogP contribution in [-0.2, 0) is 67.5 Å². The number of nitrogens with one attached hydrogen (secondary N) is 6. The van der Waals surface area contributed by atoms with Crippen LogP contribution in [0.4, 0.5) is 0 Å². The molecule has 0 radical (unpaired) electrons. The number of aryl methyl sites for hydroxylation is 4. The van der Waals surface area contributed by atoms with Crippen LogP contribution in [0.2, 0.25) is 0 Å². The first kappa shape index (κ1) is 48.5. The Kier molecular flexibility index (Phi) is 14.7. The van der Waals surface area contributed by atoms with E-state index in [9.17, 15) is 28.8 Å². The summed E-state index contributed by atoms with van der Waals surface area (Å²) in [6, 6.07) is 11.0. The van der Waals surface area contributed by atoms with Gasteiger partial charge in [-0.15, -0.1) is 10.2 Å². The summed E-state index contributed by atoms with van der Waals surface area (Å²) in [6.45, 7) is 4.84. The highest BCUT2D eigenvalue weighted by Crippen LogP contribution is 2.34. The van der Waals surface area contributed by atoms with Gasteiger partial charge in [-0.05, 0) is 114 Å². The lowest BCUT2D eigenvalue weighted by atomic mass is 9.87. The Morgan fingerprint density at radius 2 is 0.986 bits per heavy atom. The molecule has 2 saturated heterocycles. The number of aromatic nitrogens is 6. The van der Waals surface area contributed by atoms with Gasteiger partial charge in [-0.1, -0.05) is 59.0 Å². The zero-order chi connectivity index (χ0) is 49.1. The topological polar surface area (TPSA) is 242 Å². The summed E-state index contributed by atoms with van der Waals surface area (Å²) < 4.78 is 3.40. The predicted octanol–water partition coefficient (Wildman–Crippen LogP) is 1.19. The quantitative estimate of drug-likeness (QED) is 0.0929. The van der Waals surface area contributed by atoms with Crippen molar-refractivity contribution in [3.63, 3.8) is 0 Å². The molecule has 6 amide bonds. The molecule has 8 atom stereocenters. The minimum Gasteiger partial charge on any atom is -0.347 e. The Labute approximate surface area is 407 Å². The summed E-state index contributed by atoms with van der Waals surface area (Å²) in [6.07, 6.45) is 7.47. The van der Waals surface area contributed by atoms with Gasteiger partial charge in [0.2, 0.25) is 35.4 Å². The van der Waals surface area contributed by atoms with Crippen molar-refractivity contribution < 1.29 is 28.8 Å². The highest BCUT2D eigenvalue weighted by molar-refractivity contribution is 5.95. The van der Waals surface area contributed by atoms with Gasteiger partial charge in [0.25, 0.3) is 0 Å². The zero-order valence-electron chi connectivity index (χ0n) is 40.6. The molecular weight excluding hydrogens is 893 g/mol. The molecule has 70 heavy (non-hydrogen) atoms. The SMILES string of the molecule is CN[C@@H](C)C(=O)N[C@@H](Cc1nnn2c1-c1c(C[C@H](NC(=O)[C@H](C)NC)C(=O)N3CCC[C@H]3C(=O)N[C@@H]3CCCc4ccccc43)nnn1CC2)C(=O)N1CCCC1C(=O)N[C@@H]1CCCc2ccccc21. The summed E-state index contributed by atoms with van der Waals surface area (Å²) >= 11 is 0. The number of rotatable bonds is 16. The van der Waals surface area contributed by atoms with Gasteiger partial charge in [0.15, 0.2) is 0 Å². The standard InChI is InChI=1S/C50H66N14O6/c1-29(51-3)45(65)55-39(49(69)61-23-11-21-41(61)47(67)53-35-19-9-15-31-13-5-7-17-33(31)35)27-37-43-44-38(58-60-64(44)26-25-63(43)59-57-37)28-40(56-46(66)30(2)52-4)50(70)62-24-12-22-42(62)48(68)54-36-20-10-16-32-14-6-8-18-34(32)36/h5-8,13-14,17-18,29-30,35-36,39-42,51-52H,9-12,15-16,19-28H2,1-4H3,(H,53,67)(H,54,68)(H,55,65)(H,56,66)/t29-,30-,35+,36+,39-,40-,41-,42?/m0/s1. The van der Waals surface area contributed by atoms with E-state index < -0.39 is 59.9 Å². The predicted molar refractivity (Wildman–Crippen MR) is 257 cm³/mol. The summed E-state index contributed by atoms with van der Waals surface area (Å²) in [5, 5.41) is 36.4. The van der Waals surface area contributed by atoms with Crippen LogP contribution in [0.1, 0.15) is 111 Å². The van der Waals surface area contributed by atoms with E-state index in [1.807, 2.05) is 24.3 Å². The van der Waals surface area contributed by atoms with Gasteiger partial charge in [-0.3, -0.25) is 28.8 Å². The summed E-state index contributed by atoms with van der Waals surface area (Å²) in [5.41, 5.74) is 6.43. The Bertz CT molecular complexity index is 2440. The minimum absolute atomic E-state index is 0.0728. The molecule has 0 saturated carbocycles. The van der Waals surface area contributed by atoms with Crippen LogP contribution in [-0.4, -0.2) is 139 Å². The number of carbonyl (C=O) groups is 6. The molecule has 6 N–H and O–H groups in total. The normalized spacial score (nSPS) is 22.1. The van der Waals surface area contributed by atoms with E-state index in [1.54, 1.807) is 47.1 Å². The lowest BCUT2D eigenvalue weighted by Crippen LogP contribution is -2.56. The fourth-order valence-corrected chi connectivity index (χ4v) is 11.0. The number of hydrogen-bond acceptors (Lipinski definition) is 12. The molecule has 2 aliphatic carbocycles. The van der Waals surface area contributed by atoms with Crippen LogP contribution < -0.4 is 31.9 Å². The number of nitrogens with zero attached hydrogens (tertiary/aromatic N) is 8. The summed E-state index contributed by atoms with van der Waals surface area (Å²) in [5.74, 6) is -2.08. The first-order valence-corrected chi connectivity index (χ1v) is 25.1. The Morgan fingerprint density at radius 1 is 0.571 bits per heavy atom. The average molecular weight is 959 g/mol. The van der Waals surface area contributed by atoms with Crippen LogP contribution in [0.3, 0.4) is 0 Å². The second-order valence-corrected chi connectivity index (χ2v) is 19.5. The molecule has 2 fully saturated rings. The first-order valence-electron chi connectivity index (χ1n) is 25.1. The molecule has 1 unspecified atom stereocenters. The van der Waals surface area contributed by atoms with Crippen LogP contribution in [0.25, 0.3) is 11.4 Å². The van der Waals surface area contributed by atoms with Gasteiger partial charge in [0.05, 0.1) is 48.6 Å². The maximum Gasteiger partial charge on any atom is 0.246 e. The second kappa shape index (κ2) is 21.2. The smallest absolute Gasteiger partial charge is 0.246 e. The maximum atomic E-state index is 14.8. The Balaban J connectivity index is 0.970. The first-order chi connectivity index (χ1) is 33.9. The highest BCUT2D eigenvalue weighted by Gasteiger charge is 2.43. The lowest BCUT2D eigenvalue weighted by molar-refractivity contribution is -0.141. The lowest BCUT2D eigenvalue weighted by Gasteiger charge is -2.32. The molecule has 5 aliphatic rings. The van der Waals surface area contributed by atoms with Crippen molar-refractivity contribution in [2.24, 2.45) is 0 Å². The van der Waals surface area contributed by atoms with Crippen molar-refractivity contribution in [3.8, 4) is 11.4 Å². The van der Waals surface area contributed by atoms with Crippen LogP contribution >= 0.6 is 0 Å². The number of carbonyl (C=O) groups excluding carboxylic acids is 6. The van der Waals surface area contributed by atoms with Crippen molar-refractivity contribution in [1.29, 1.82) is 0 Å². The van der Waals surface area contributed by atoms with Crippen LogP contribution in [0, 0.1) is 0 Å². The second-order valence-electron chi connectivity index (χ2n) is 19.5. The monoisotopic (exact) mass is 959 g/mol. The molecule has 4 aromatic rings. The number of amides is 6. The number of benzene rings is 2. The van der Waals surface area contributed by atoms with E-state index in [1.165, 1.54) is 11.1 Å². The zero-order valence-corrected chi connectivity index (χ0v) is 40.6. The van der Waals surface area contributed by atoms with Gasteiger partial charge >= 0.3 is 0 Å². The molecule has 372 valence electrons. The van der Waals surface area contributed by atoms with Crippen molar-refractivity contribution in [2.45, 2.75) is 152 Å². The van der Waals surface area contributed by atoms with Gasteiger partial charge in [0, 0.05) is 25.9 Å². The molecule has 20 heteroatoms. The third-order valence-corrected chi connectivity index (χ3v) is 15.1. The van der Waals surface area contributed by atoms with Crippen molar-refractivity contribution in [2.75, 3.05) is 27.2 Å². The maximum absolute atomic E-state index is 14.8. The fourth-order valence-electron chi connectivity index (χ4n) is 11.0. The molecule has 2 aromatic heterocycles. The van der Waals surface area contributed by atoms with Gasteiger partial charge in [-0.2, -0.15) is 0 Å². The molecule has 2 aromatic carbocycles. The van der Waals surface area contributed by atoms with Crippen molar-refractivity contribution in [3.05, 3.63) is 82.2 Å². The number of fused-ring (bicyclic) bond motifs is 5. The third-order valence-electron chi connectivity index (χ3n) is 15.1. The summed E-state index contributed by atoms with van der Waals surface area (Å²) in [4.78, 5) is 88.2. The van der Waals surface area contributed by atoms with E-state index in [2.05, 4.69) is 76.8 Å². The number of hydrogen-bond donors (Lipinski definition) is 6. The number of likely N-dealkylation sites (tertiary alicyclic amines) is 2. The minimum atomic E-state index is -1.12. The van der Waals surface area contributed by atoms with Crippen molar-refractivity contribution in [1.82, 2.24) is 71.7 Å². The molecular formula is C50H66N14O6. The van der Waals surface area contributed by atoms with E-state index in [4.69, 9.17) is 0 Å². The Morgan fingerprint density at radius 3 is 1.40 bits per heavy atom. The third kappa shape index (κ3) is 9.92. The average Bonchev–Trinajstić information content (AvgIpc) is 4.22.